The van der Waals surface area contributed by atoms with Gasteiger partial charge in [-0.3, -0.25) is 0 Å². The lowest BCUT2D eigenvalue weighted by Crippen LogP contribution is -2.03. The molecule has 2 aromatic carbocycles. The van der Waals surface area contributed by atoms with E-state index in [1.807, 2.05) is 38.1 Å². The highest BCUT2D eigenvalue weighted by molar-refractivity contribution is 5.78. The minimum Gasteiger partial charge on any atom is -0.443 e. The van der Waals surface area contributed by atoms with Gasteiger partial charge >= 0.3 is 0 Å². The number of hydrogen-bond donors (Lipinski definition) is 2. The highest BCUT2D eigenvalue weighted by atomic mass is 19.1. The van der Waals surface area contributed by atoms with Crippen molar-refractivity contribution in [3.63, 3.8) is 0 Å². The van der Waals surface area contributed by atoms with E-state index < -0.39 is 0 Å². The third-order valence-corrected chi connectivity index (χ3v) is 3.94. The standard InChI is InChI=1S/C19H16FN5O/c1-11-3-5-15(14(20)7-11)24-19-21-9-12(2)18(25-19)23-13-4-6-17-16(8-13)22-10-26-17/h3-10H,1-2H3,(H2,21,23,24,25). The van der Waals surface area contributed by atoms with Gasteiger partial charge in [0.2, 0.25) is 5.95 Å². The Bertz CT molecular complexity index is 1090. The molecule has 4 rings (SSSR count). The lowest BCUT2D eigenvalue weighted by Gasteiger charge is -2.11. The van der Waals surface area contributed by atoms with E-state index in [1.54, 1.807) is 12.3 Å². The summed E-state index contributed by atoms with van der Waals surface area (Å²) in [7, 11) is 0. The third-order valence-electron chi connectivity index (χ3n) is 3.94. The first-order chi connectivity index (χ1) is 12.6. The summed E-state index contributed by atoms with van der Waals surface area (Å²) in [5.74, 6) is 0.585. The van der Waals surface area contributed by atoms with Gasteiger partial charge < -0.3 is 15.1 Å². The van der Waals surface area contributed by atoms with Crippen molar-refractivity contribution in [1.82, 2.24) is 15.0 Å². The molecule has 0 fully saturated rings. The van der Waals surface area contributed by atoms with Gasteiger partial charge in [-0.05, 0) is 49.7 Å². The summed E-state index contributed by atoms with van der Waals surface area (Å²) < 4.78 is 19.3. The molecule has 2 N–H and O–H groups in total. The van der Waals surface area contributed by atoms with Gasteiger partial charge in [-0.1, -0.05) is 6.07 Å². The summed E-state index contributed by atoms with van der Waals surface area (Å²) in [4.78, 5) is 12.8. The van der Waals surface area contributed by atoms with Gasteiger partial charge in [0, 0.05) is 17.4 Å². The maximum absolute atomic E-state index is 14.0. The second kappa shape index (κ2) is 6.44. The number of oxazole rings is 1. The van der Waals surface area contributed by atoms with Crippen LogP contribution in [0.2, 0.25) is 0 Å². The minimum atomic E-state index is -0.347. The Morgan fingerprint density at radius 2 is 1.88 bits per heavy atom. The normalized spacial score (nSPS) is 10.9. The molecule has 0 radical (unpaired) electrons. The van der Waals surface area contributed by atoms with Crippen molar-refractivity contribution in [2.45, 2.75) is 13.8 Å². The first-order valence-corrected chi connectivity index (χ1v) is 8.05. The molecule has 26 heavy (non-hydrogen) atoms. The Kier molecular flexibility index (Phi) is 3.96. The SMILES string of the molecule is Cc1ccc(Nc2ncc(C)c(Nc3ccc4ocnc4c3)n2)c(F)c1. The van der Waals surface area contributed by atoms with Gasteiger partial charge in [-0.25, -0.2) is 14.4 Å². The van der Waals surface area contributed by atoms with E-state index in [-0.39, 0.29) is 5.82 Å². The highest BCUT2D eigenvalue weighted by Gasteiger charge is 2.09. The molecule has 7 heteroatoms. The molecule has 0 saturated heterocycles. The summed E-state index contributed by atoms with van der Waals surface area (Å²) in [5.41, 5.74) is 4.33. The summed E-state index contributed by atoms with van der Waals surface area (Å²) >= 11 is 0. The van der Waals surface area contributed by atoms with Crippen molar-refractivity contribution in [3.8, 4) is 0 Å². The van der Waals surface area contributed by atoms with Crippen LogP contribution >= 0.6 is 0 Å². The summed E-state index contributed by atoms with van der Waals surface area (Å²) in [6, 6.07) is 10.5. The van der Waals surface area contributed by atoms with E-state index in [4.69, 9.17) is 4.42 Å². The number of aromatic nitrogens is 3. The Morgan fingerprint density at radius 3 is 2.73 bits per heavy atom. The van der Waals surface area contributed by atoms with Crippen LogP contribution in [0.15, 0.2) is 53.4 Å². The van der Waals surface area contributed by atoms with Crippen LogP contribution in [0, 0.1) is 19.7 Å². The fourth-order valence-corrected chi connectivity index (χ4v) is 2.54. The molecule has 4 aromatic rings. The topological polar surface area (TPSA) is 75.9 Å². The molecule has 0 amide bonds. The molecule has 0 bridgehead atoms. The number of halogens is 1. The van der Waals surface area contributed by atoms with Crippen molar-refractivity contribution in [2.24, 2.45) is 0 Å². The second-order valence-corrected chi connectivity index (χ2v) is 5.99. The fraction of sp³-hybridized carbons (Fsp3) is 0.105. The van der Waals surface area contributed by atoms with Crippen LogP contribution in [-0.2, 0) is 0 Å². The average molecular weight is 349 g/mol. The van der Waals surface area contributed by atoms with E-state index in [1.165, 1.54) is 12.5 Å². The predicted molar refractivity (Wildman–Crippen MR) is 98.5 cm³/mol. The number of hydrogen-bond acceptors (Lipinski definition) is 6. The number of nitrogens with one attached hydrogen (secondary N) is 2. The molecule has 0 aliphatic carbocycles. The van der Waals surface area contributed by atoms with E-state index in [2.05, 4.69) is 25.6 Å². The minimum absolute atomic E-state index is 0.309. The lowest BCUT2D eigenvalue weighted by molar-refractivity contribution is 0.602. The zero-order valence-corrected chi connectivity index (χ0v) is 14.2. The van der Waals surface area contributed by atoms with Crippen LogP contribution in [0.5, 0.6) is 0 Å². The molecule has 6 nitrogen and oxygen atoms in total. The van der Waals surface area contributed by atoms with Crippen LogP contribution in [0.25, 0.3) is 11.1 Å². The Balaban J connectivity index is 1.61. The highest BCUT2D eigenvalue weighted by Crippen LogP contribution is 2.24. The zero-order chi connectivity index (χ0) is 18.1. The van der Waals surface area contributed by atoms with Crippen molar-refractivity contribution < 1.29 is 8.81 Å². The first kappa shape index (κ1) is 16.0. The summed E-state index contributed by atoms with van der Waals surface area (Å²) in [5, 5.41) is 6.15. The van der Waals surface area contributed by atoms with Crippen molar-refractivity contribution in [3.05, 3.63) is 65.9 Å². The number of aryl methyl sites for hydroxylation is 2. The van der Waals surface area contributed by atoms with E-state index in [0.717, 1.165) is 22.3 Å². The van der Waals surface area contributed by atoms with E-state index >= 15 is 0 Å². The van der Waals surface area contributed by atoms with Gasteiger partial charge in [-0.15, -0.1) is 0 Å². The van der Waals surface area contributed by atoms with E-state index in [0.29, 0.717) is 23.0 Å². The van der Waals surface area contributed by atoms with Crippen molar-refractivity contribution in [2.75, 3.05) is 10.6 Å². The van der Waals surface area contributed by atoms with Crippen molar-refractivity contribution >= 4 is 34.2 Å². The first-order valence-electron chi connectivity index (χ1n) is 8.05. The molecule has 0 unspecified atom stereocenters. The van der Waals surface area contributed by atoms with Gasteiger partial charge in [0.05, 0.1) is 5.69 Å². The number of nitrogens with zero attached hydrogens (tertiary/aromatic N) is 3. The number of fused-ring (bicyclic) bond motifs is 1. The smallest absolute Gasteiger partial charge is 0.229 e. The van der Waals surface area contributed by atoms with E-state index in [9.17, 15) is 4.39 Å². The molecule has 2 aromatic heterocycles. The number of benzene rings is 2. The van der Waals surface area contributed by atoms with Gasteiger partial charge in [0.1, 0.15) is 17.2 Å². The Hall–Kier alpha value is -3.48. The molecule has 0 aliphatic heterocycles. The predicted octanol–water partition coefficient (Wildman–Crippen LogP) is 4.86. The zero-order valence-electron chi connectivity index (χ0n) is 14.2. The van der Waals surface area contributed by atoms with Crippen LogP contribution in [-0.4, -0.2) is 15.0 Å². The number of rotatable bonds is 4. The Labute approximate surface area is 149 Å². The quantitative estimate of drug-likeness (QED) is 0.548. The maximum Gasteiger partial charge on any atom is 0.229 e. The summed E-state index contributed by atoms with van der Waals surface area (Å²) in [6.07, 6.45) is 3.08. The number of anilines is 4. The van der Waals surface area contributed by atoms with Crippen LogP contribution < -0.4 is 10.6 Å². The van der Waals surface area contributed by atoms with Crippen molar-refractivity contribution in [1.29, 1.82) is 0 Å². The third kappa shape index (κ3) is 3.19. The molecular formula is C19H16FN5O. The van der Waals surface area contributed by atoms with Crippen LogP contribution in [0.1, 0.15) is 11.1 Å². The maximum atomic E-state index is 14.0. The summed E-state index contributed by atoms with van der Waals surface area (Å²) in [6.45, 7) is 3.73. The lowest BCUT2D eigenvalue weighted by atomic mass is 10.2. The fourth-order valence-electron chi connectivity index (χ4n) is 2.54. The Morgan fingerprint density at radius 1 is 1.00 bits per heavy atom. The second-order valence-electron chi connectivity index (χ2n) is 5.99. The molecule has 130 valence electrons. The molecule has 0 aliphatic rings. The molecule has 2 heterocycles. The molecular weight excluding hydrogens is 333 g/mol. The molecule has 0 atom stereocenters. The monoisotopic (exact) mass is 349 g/mol. The molecule has 0 spiro atoms. The van der Waals surface area contributed by atoms with Gasteiger partial charge in [-0.2, -0.15) is 4.98 Å². The molecule has 0 saturated carbocycles. The van der Waals surface area contributed by atoms with Crippen LogP contribution in [0.3, 0.4) is 0 Å². The van der Waals surface area contributed by atoms with Gasteiger partial charge in [0.25, 0.3) is 0 Å². The average Bonchev–Trinajstić information content (AvgIpc) is 3.08. The van der Waals surface area contributed by atoms with Gasteiger partial charge in [0.15, 0.2) is 12.0 Å². The van der Waals surface area contributed by atoms with Crippen LogP contribution in [0.4, 0.5) is 27.5 Å². The largest absolute Gasteiger partial charge is 0.443 e.